The third-order valence-corrected chi connectivity index (χ3v) is 3.36. The van der Waals surface area contributed by atoms with E-state index in [4.69, 9.17) is 5.73 Å². The van der Waals surface area contributed by atoms with Crippen LogP contribution in [0.5, 0.6) is 0 Å². The van der Waals surface area contributed by atoms with Gasteiger partial charge in [-0.05, 0) is 39.8 Å². The first-order chi connectivity index (χ1) is 10.8. The Balaban J connectivity index is 2.50. The number of hydrogen-bond acceptors (Lipinski definition) is 6. The summed E-state index contributed by atoms with van der Waals surface area (Å²) < 4.78 is 0. The van der Waals surface area contributed by atoms with E-state index in [1.54, 1.807) is 7.05 Å². The Morgan fingerprint density at radius 2 is 1.83 bits per heavy atom. The summed E-state index contributed by atoms with van der Waals surface area (Å²) in [6.07, 6.45) is 0. The van der Waals surface area contributed by atoms with Crippen molar-refractivity contribution in [3.63, 3.8) is 0 Å². The van der Waals surface area contributed by atoms with Gasteiger partial charge in [-0.2, -0.15) is 4.98 Å². The topological polar surface area (TPSA) is 89.1 Å². The SMILES string of the molecule is C=C(c1ccc(N=C(C)C)c(C)n1)c1c(C)nc(N)nc1NC. The molecule has 2 aromatic heterocycles. The van der Waals surface area contributed by atoms with E-state index in [1.165, 1.54) is 0 Å². The van der Waals surface area contributed by atoms with Gasteiger partial charge in [0, 0.05) is 23.9 Å². The Morgan fingerprint density at radius 1 is 1.13 bits per heavy atom. The molecule has 2 heterocycles. The molecular weight excluding hydrogens is 288 g/mol. The zero-order chi connectivity index (χ0) is 17.1. The maximum atomic E-state index is 5.71. The van der Waals surface area contributed by atoms with Crippen LogP contribution in [0.4, 0.5) is 17.5 Å². The van der Waals surface area contributed by atoms with Crippen molar-refractivity contribution in [2.75, 3.05) is 18.1 Å². The molecule has 0 atom stereocenters. The Morgan fingerprint density at radius 3 is 2.39 bits per heavy atom. The molecule has 23 heavy (non-hydrogen) atoms. The van der Waals surface area contributed by atoms with Gasteiger partial charge < -0.3 is 11.1 Å². The summed E-state index contributed by atoms with van der Waals surface area (Å²) >= 11 is 0. The second-order valence-electron chi connectivity index (χ2n) is 5.48. The highest BCUT2D eigenvalue weighted by Crippen LogP contribution is 2.30. The Bertz CT molecular complexity index is 788. The Kier molecular flexibility index (Phi) is 4.74. The molecule has 3 N–H and O–H groups in total. The molecule has 0 saturated heterocycles. The van der Waals surface area contributed by atoms with E-state index in [1.807, 2.05) is 39.8 Å². The summed E-state index contributed by atoms with van der Waals surface area (Å²) in [7, 11) is 1.79. The second-order valence-corrected chi connectivity index (χ2v) is 5.48. The first-order valence-electron chi connectivity index (χ1n) is 7.34. The molecule has 0 fully saturated rings. The Labute approximate surface area is 136 Å². The number of pyridine rings is 1. The molecule has 0 bridgehead atoms. The molecule has 6 heteroatoms. The van der Waals surface area contributed by atoms with Crippen molar-refractivity contribution in [1.29, 1.82) is 0 Å². The standard InChI is InChI=1S/C17H22N6/c1-9(2)20-14-8-7-13(21-11(14)4)10(3)15-12(5)22-17(18)23-16(15)19-6/h7-8H,3H2,1-2,4-6H3,(H3,18,19,22,23). The fourth-order valence-electron chi connectivity index (χ4n) is 2.35. The maximum absolute atomic E-state index is 5.71. The number of rotatable bonds is 4. The number of aromatic nitrogens is 3. The number of nitrogen functional groups attached to an aromatic ring is 1. The van der Waals surface area contributed by atoms with Crippen LogP contribution < -0.4 is 11.1 Å². The van der Waals surface area contributed by atoms with Crippen LogP contribution in [0.15, 0.2) is 23.7 Å². The molecule has 6 nitrogen and oxygen atoms in total. The Hall–Kier alpha value is -2.76. The van der Waals surface area contributed by atoms with E-state index in [2.05, 4.69) is 31.8 Å². The van der Waals surface area contributed by atoms with Gasteiger partial charge in [-0.15, -0.1) is 0 Å². The molecule has 0 spiro atoms. The van der Waals surface area contributed by atoms with Crippen molar-refractivity contribution in [2.24, 2.45) is 4.99 Å². The minimum absolute atomic E-state index is 0.232. The lowest BCUT2D eigenvalue weighted by Gasteiger charge is -2.14. The van der Waals surface area contributed by atoms with E-state index >= 15 is 0 Å². The smallest absolute Gasteiger partial charge is 0.222 e. The van der Waals surface area contributed by atoms with E-state index in [0.717, 1.165) is 39.6 Å². The molecule has 0 saturated carbocycles. The summed E-state index contributed by atoms with van der Waals surface area (Å²) in [5.41, 5.74) is 11.5. The highest BCUT2D eigenvalue weighted by molar-refractivity contribution is 5.85. The molecule has 0 aromatic carbocycles. The third-order valence-electron chi connectivity index (χ3n) is 3.36. The molecule has 0 unspecified atom stereocenters. The fourth-order valence-corrected chi connectivity index (χ4v) is 2.35. The lowest BCUT2D eigenvalue weighted by molar-refractivity contribution is 1.09. The minimum Gasteiger partial charge on any atom is -0.372 e. The van der Waals surface area contributed by atoms with Crippen molar-refractivity contribution in [3.8, 4) is 0 Å². The fraction of sp³-hybridized carbons (Fsp3) is 0.294. The zero-order valence-electron chi connectivity index (χ0n) is 14.2. The summed E-state index contributed by atoms with van der Waals surface area (Å²) in [5.74, 6) is 0.876. The summed E-state index contributed by atoms with van der Waals surface area (Å²) in [6, 6.07) is 3.86. The quantitative estimate of drug-likeness (QED) is 0.846. The minimum atomic E-state index is 0.232. The largest absolute Gasteiger partial charge is 0.372 e. The van der Waals surface area contributed by atoms with E-state index in [9.17, 15) is 0 Å². The van der Waals surface area contributed by atoms with Crippen molar-refractivity contribution < 1.29 is 0 Å². The van der Waals surface area contributed by atoms with Crippen LogP contribution in [-0.4, -0.2) is 27.7 Å². The van der Waals surface area contributed by atoms with Crippen LogP contribution in [0, 0.1) is 13.8 Å². The first-order valence-corrected chi connectivity index (χ1v) is 7.34. The molecular formula is C17H22N6. The summed E-state index contributed by atoms with van der Waals surface area (Å²) in [4.78, 5) is 17.5. The van der Waals surface area contributed by atoms with Crippen LogP contribution in [0.1, 0.15) is 36.5 Å². The predicted octanol–water partition coefficient (Wildman–Crippen LogP) is 3.29. The van der Waals surface area contributed by atoms with Crippen molar-refractivity contribution >= 4 is 28.7 Å². The molecule has 120 valence electrons. The lowest BCUT2D eigenvalue weighted by atomic mass is 10.0. The van der Waals surface area contributed by atoms with Gasteiger partial charge in [-0.3, -0.25) is 9.98 Å². The van der Waals surface area contributed by atoms with E-state index < -0.39 is 0 Å². The first kappa shape index (κ1) is 16.6. The summed E-state index contributed by atoms with van der Waals surface area (Å²) in [6.45, 7) is 11.9. The third kappa shape index (κ3) is 3.53. The molecule has 2 aromatic rings. The summed E-state index contributed by atoms with van der Waals surface area (Å²) in [5, 5.41) is 3.04. The number of nitrogens with zero attached hydrogens (tertiary/aromatic N) is 4. The number of hydrogen-bond donors (Lipinski definition) is 2. The average Bonchev–Trinajstić information content (AvgIpc) is 2.47. The normalized spacial score (nSPS) is 10.3. The van der Waals surface area contributed by atoms with Gasteiger partial charge >= 0.3 is 0 Å². The number of anilines is 2. The average molecular weight is 310 g/mol. The van der Waals surface area contributed by atoms with Gasteiger partial charge in [0.15, 0.2) is 0 Å². The highest BCUT2D eigenvalue weighted by Gasteiger charge is 2.16. The van der Waals surface area contributed by atoms with Crippen LogP contribution in [0.25, 0.3) is 5.57 Å². The number of nitrogens with one attached hydrogen (secondary N) is 1. The molecule has 0 radical (unpaired) electrons. The van der Waals surface area contributed by atoms with Gasteiger partial charge in [-0.25, -0.2) is 4.98 Å². The van der Waals surface area contributed by atoms with Crippen LogP contribution in [-0.2, 0) is 0 Å². The van der Waals surface area contributed by atoms with Crippen LogP contribution >= 0.6 is 0 Å². The van der Waals surface area contributed by atoms with Gasteiger partial charge in [0.25, 0.3) is 0 Å². The van der Waals surface area contributed by atoms with Crippen LogP contribution in [0.3, 0.4) is 0 Å². The molecule has 2 rings (SSSR count). The lowest BCUT2D eigenvalue weighted by Crippen LogP contribution is -2.07. The molecule has 0 aliphatic rings. The zero-order valence-corrected chi connectivity index (χ0v) is 14.2. The van der Waals surface area contributed by atoms with Gasteiger partial charge in [0.05, 0.1) is 22.8 Å². The van der Waals surface area contributed by atoms with Gasteiger partial charge in [0.2, 0.25) is 5.95 Å². The molecule has 0 aliphatic heterocycles. The van der Waals surface area contributed by atoms with Crippen molar-refractivity contribution in [2.45, 2.75) is 27.7 Å². The molecule has 0 amide bonds. The predicted molar refractivity (Wildman–Crippen MR) is 96.3 cm³/mol. The van der Waals surface area contributed by atoms with Crippen molar-refractivity contribution in [1.82, 2.24) is 15.0 Å². The van der Waals surface area contributed by atoms with E-state index in [0.29, 0.717) is 5.82 Å². The monoisotopic (exact) mass is 310 g/mol. The maximum Gasteiger partial charge on any atom is 0.222 e. The number of aryl methyl sites for hydroxylation is 2. The van der Waals surface area contributed by atoms with Gasteiger partial charge in [-0.1, -0.05) is 6.58 Å². The molecule has 0 aliphatic carbocycles. The second kappa shape index (κ2) is 6.56. The number of nitrogens with two attached hydrogens (primary N) is 1. The van der Waals surface area contributed by atoms with Crippen molar-refractivity contribution in [3.05, 3.63) is 41.4 Å². The van der Waals surface area contributed by atoms with E-state index in [-0.39, 0.29) is 5.95 Å². The highest BCUT2D eigenvalue weighted by atomic mass is 15.1. The van der Waals surface area contributed by atoms with Crippen LogP contribution in [0.2, 0.25) is 0 Å². The number of aliphatic imine (C=N–C) groups is 1. The van der Waals surface area contributed by atoms with Gasteiger partial charge in [0.1, 0.15) is 5.82 Å².